The van der Waals surface area contributed by atoms with Gasteiger partial charge in [-0.15, -0.1) is 0 Å². The van der Waals surface area contributed by atoms with Gasteiger partial charge in [0.05, 0.1) is 24.5 Å². The zero-order chi connectivity index (χ0) is 24.1. The maximum Gasteiger partial charge on any atom is 0.243 e. The number of carbonyl (C=O) groups is 2. The van der Waals surface area contributed by atoms with Gasteiger partial charge in [-0.1, -0.05) is 81.4 Å². The number of nitrogens with zero attached hydrogens (tertiary/aromatic N) is 4. The van der Waals surface area contributed by atoms with E-state index in [4.69, 9.17) is 5.10 Å². The van der Waals surface area contributed by atoms with Crippen molar-refractivity contribution in [3.05, 3.63) is 83.6 Å². The van der Waals surface area contributed by atoms with Gasteiger partial charge < -0.3 is 5.32 Å². The molecular weight excluding hydrogens is 426 g/mol. The summed E-state index contributed by atoms with van der Waals surface area (Å²) in [5.74, 6) is 0.278. The lowest BCUT2D eigenvalue weighted by atomic mass is 9.92. The minimum atomic E-state index is -0.213. The van der Waals surface area contributed by atoms with Gasteiger partial charge in [-0.3, -0.25) is 9.59 Å². The Morgan fingerprint density at radius 1 is 0.971 bits per heavy atom. The zero-order valence-corrected chi connectivity index (χ0v) is 20.0. The Morgan fingerprint density at radius 3 is 2.32 bits per heavy atom. The molecule has 7 nitrogen and oxygen atoms in total. The predicted molar refractivity (Wildman–Crippen MR) is 134 cm³/mol. The lowest BCUT2D eigenvalue weighted by Gasteiger charge is -2.14. The average molecular weight is 458 g/mol. The molecule has 4 rings (SSSR count). The minimum absolute atomic E-state index is 0.0902. The summed E-state index contributed by atoms with van der Waals surface area (Å²) in [6.07, 6.45) is 0.916. The molecule has 0 atom stereocenters. The monoisotopic (exact) mass is 457 g/mol. The van der Waals surface area contributed by atoms with Crippen molar-refractivity contribution in [3.63, 3.8) is 0 Å². The van der Waals surface area contributed by atoms with E-state index >= 15 is 0 Å². The third kappa shape index (κ3) is 5.78. The van der Waals surface area contributed by atoms with E-state index in [-0.39, 0.29) is 30.1 Å². The number of benzene rings is 2. The van der Waals surface area contributed by atoms with Crippen LogP contribution in [0.1, 0.15) is 56.9 Å². The fourth-order valence-electron chi connectivity index (χ4n) is 3.79. The highest BCUT2D eigenvalue weighted by Gasteiger charge is 2.23. The van der Waals surface area contributed by atoms with Gasteiger partial charge in [-0.2, -0.15) is 10.2 Å². The summed E-state index contributed by atoms with van der Waals surface area (Å²) >= 11 is 0. The Hall–Kier alpha value is -3.74. The molecule has 34 heavy (non-hydrogen) atoms. The molecule has 0 aliphatic carbocycles. The highest BCUT2D eigenvalue weighted by Crippen LogP contribution is 2.25. The highest BCUT2D eigenvalue weighted by atomic mass is 16.2. The lowest BCUT2D eigenvalue weighted by Crippen LogP contribution is -2.25. The molecule has 176 valence electrons. The van der Waals surface area contributed by atoms with E-state index in [9.17, 15) is 9.59 Å². The molecule has 0 saturated carbocycles. The molecule has 1 N–H and O–H groups in total. The highest BCUT2D eigenvalue weighted by molar-refractivity contribution is 6.02. The molecular formula is C27H31N5O2. The second kappa shape index (κ2) is 10.0. The van der Waals surface area contributed by atoms with Gasteiger partial charge in [-0.25, -0.2) is 9.69 Å². The molecule has 2 heterocycles. The fourth-order valence-corrected chi connectivity index (χ4v) is 3.79. The molecule has 1 aromatic heterocycles. The predicted octanol–water partition coefficient (Wildman–Crippen LogP) is 4.58. The molecule has 7 heteroatoms. The van der Waals surface area contributed by atoms with E-state index in [0.29, 0.717) is 18.9 Å². The molecule has 2 amide bonds. The van der Waals surface area contributed by atoms with Crippen LogP contribution in [0, 0.1) is 0 Å². The largest absolute Gasteiger partial charge is 0.311 e. The van der Waals surface area contributed by atoms with Crippen molar-refractivity contribution in [1.82, 2.24) is 14.8 Å². The SMILES string of the molecule is CC(C)(C)c1cc(NC(=O)CCC(=O)N2CCC(c3ccccc3)=N2)n(Cc2ccccc2)n1. The molecule has 0 spiro atoms. The van der Waals surface area contributed by atoms with Crippen LogP contribution in [0.4, 0.5) is 5.82 Å². The van der Waals surface area contributed by atoms with E-state index in [2.05, 4.69) is 31.2 Å². The summed E-state index contributed by atoms with van der Waals surface area (Å²) in [5.41, 5.74) is 3.77. The van der Waals surface area contributed by atoms with Gasteiger partial charge in [0.1, 0.15) is 5.82 Å². The van der Waals surface area contributed by atoms with Crippen molar-refractivity contribution >= 4 is 23.3 Å². The van der Waals surface area contributed by atoms with Crippen molar-refractivity contribution in [1.29, 1.82) is 0 Å². The van der Waals surface area contributed by atoms with Crippen molar-refractivity contribution in [3.8, 4) is 0 Å². The van der Waals surface area contributed by atoms with Gasteiger partial charge in [0.25, 0.3) is 0 Å². The number of nitrogens with one attached hydrogen (secondary N) is 1. The molecule has 0 saturated heterocycles. The lowest BCUT2D eigenvalue weighted by molar-refractivity contribution is -0.132. The maximum absolute atomic E-state index is 12.7. The van der Waals surface area contributed by atoms with Crippen molar-refractivity contribution in [2.24, 2.45) is 5.10 Å². The normalized spacial score (nSPS) is 13.6. The van der Waals surface area contributed by atoms with Crippen molar-refractivity contribution in [2.45, 2.75) is 52.0 Å². The molecule has 3 aromatic rings. The van der Waals surface area contributed by atoms with E-state index in [1.807, 2.05) is 71.4 Å². The molecule has 2 aromatic carbocycles. The molecule has 0 bridgehead atoms. The third-order valence-electron chi connectivity index (χ3n) is 5.75. The first kappa shape index (κ1) is 23.4. The Bertz CT molecular complexity index is 1180. The summed E-state index contributed by atoms with van der Waals surface area (Å²) in [6.45, 7) is 7.37. The zero-order valence-electron chi connectivity index (χ0n) is 20.0. The van der Waals surface area contributed by atoms with E-state index < -0.39 is 0 Å². The summed E-state index contributed by atoms with van der Waals surface area (Å²) in [5, 5.41) is 13.6. The van der Waals surface area contributed by atoms with Crippen LogP contribution < -0.4 is 5.32 Å². The van der Waals surface area contributed by atoms with Crippen LogP contribution in [-0.4, -0.2) is 38.9 Å². The first-order chi connectivity index (χ1) is 16.3. The van der Waals surface area contributed by atoms with Crippen molar-refractivity contribution < 1.29 is 9.59 Å². The van der Waals surface area contributed by atoms with Gasteiger partial charge in [-0.05, 0) is 11.1 Å². The first-order valence-electron chi connectivity index (χ1n) is 11.6. The van der Waals surface area contributed by atoms with Gasteiger partial charge >= 0.3 is 0 Å². The Morgan fingerprint density at radius 2 is 1.65 bits per heavy atom. The number of aromatic nitrogens is 2. The standard InChI is InChI=1S/C27H31N5O2/c1-27(2,3)23-18-24(32(30-23)19-20-10-6-4-7-11-20)28-25(33)14-15-26(34)31-17-16-22(29-31)21-12-8-5-9-13-21/h4-13,18H,14-17,19H2,1-3H3,(H,28,33). The summed E-state index contributed by atoms with van der Waals surface area (Å²) in [7, 11) is 0. The molecule has 0 radical (unpaired) electrons. The summed E-state index contributed by atoms with van der Waals surface area (Å²) in [4.78, 5) is 25.4. The van der Waals surface area contributed by atoms with Crippen LogP contribution in [0.15, 0.2) is 71.8 Å². The van der Waals surface area contributed by atoms with Crippen LogP contribution >= 0.6 is 0 Å². The van der Waals surface area contributed by atoms with Gasteiger partial charge in [0.15, 0.2) is 0 Å². The molecule has 1 aliphatic heterocycles. The number of hydrazone groups is 1. The third-order valence-corrected chi connectivity index (χ3v) is 5.75. The smallest absolute Gasteiger partial charge is 0.243 e. The number of hydrogen-bond acceptors (Lipinski definition) is 4. The maximum atomic E-state index is 12.7. The van der Waals surface area contributed by atoms with Gasteiger partial charge in [0, 0.05) is 30.7 Å². The van der Waals surface area contributed by atoms with Crippen LogP contribution in [0.25, 0.3) is 0 Å². The Balaban J connectivity index is 1.38. The second-order valence-corrected chi connectivity index (χ2v) is 9.54. The van der Waals surface area contributed by atoms with Crippen LogP contribution in [-0.2, 0) is 21.5 Å². The van der Waals surface area contributed by atoms with Gasteiger partial charge in [0.2, 0.25) is 11.8 Å². The number of carbonyl (C=O) groups excluding carboxylic acids is 2. The summed E-state index contributed by atoms with van der Waals surface area (Å²) in [6, 6.07) is 21.8. The average Bonchev–Trinajstić information content (AvgIpc) is 3.47. The van der Waals surface area contributed by atoms with Crippen molar-refractivity contribution in [2.75, 3.05) is 11.9 Å². The summed E-state index contributed by atoms with van der Waals surface area (Å²) < 4.78 is 1.81. The Kier molecular flexibility index (Phi) is 6.91. The van der Waals surface area contributed by atoms with Crippen LogP contribution in [0.2, 0.25) is 0 Å². The second-order valence-electron chi connectivity index (χ2n) is 9.54. The molecule has 1 aliphatic rings. The van der Waals surface area contributed by atoms with E-state index in [0.717, 1.165) is 29.0 Å². The minimum Gasteiger partial charge on any atom is -0.311 e. The van der Waals surface area contributed by atoms with E-state index in [1.54, 1.807) is 0 Å². The topological polar surface area (TPSA) is 79.6 Å². The number of amides is 2. The molecule has 0 fully saturated rings. The first-order valence-corrected chi connectivity index (χ1v) is 11.6. The quantitative estimate of drug-likeness (QED) is 0.564. The molecule has 0 unspecified atom stereocenters. The number of anilines is 1. The Labute approximate surface area is 200 Å². The van der Waals surface area contributed by atoms with E-state index in [1.165, 1.54) is 5.01 Å². The van der Waals surface area contributed by atoms with Crippen LogP contribution in [0.5, 0.6) is 0 Å². The number of rotatable bonds is 7. The number of hydrogen-bond donors (Lipinski definition) is 1. The fraction of sp³-hybridized carbons (Fsp3) is 0.333. The van der Waals surface area contributed by atoms with Crippen LogP contribution in [0.3, 0.4) is 0 Å².